The Morgan fingerprint density at radius 3 is 2.00 bits per heavy atom. The standard InChI is InChI=1S/C13H23N/c1-8(2)12-7-14-11(6)13(9(3)4)10(12)5/h8-9,14H,7H2,1-6H3. The zero-order valence-electron chi connectivity index (χ0n) is 10.4. The van der Waals surface area contributed by atoms with E-state index in [9.17, 15) is 0 Å². The van der Waals surface area contributed by atoms with Crippen LogP contribution in [0, 0.1) is 11.8 Å². The van der Waals surface area contributed by atoms with E-state index in [1.165, 1.54) is 16.8 Å². The van der Waals surface area contributed by atoms with Crippen LogP contribution in [0.25, 0.3) is 0 Å². The number of hydrogen-bond donors (Lipinski definition) is 1. The number of dihydropyridines is 1. The van der Waals surface area contributed by atoms with Crippen LogP contribution in [0.2, 0.25) is 0 Å². The summed E-state index contributed by atoms with van der Waals surface area (Å²) in [5, 5.41) is 3.50. The Hall–Kier alpha value is -0.720. The quantitative estimate of drug-likeness (QED) is 0.708. The molecule has 0 radical (unpaired) electrons. The van der Waals surface area contributed by atoms with Crippen molar-refractivity contribution in [2.45, 2.75) is 41.5 Å². The van der Waals surface area contributed by atoms with Gasteiger partial charge in [-0.25, -0.2) is 0 Å². The Balaban J connectivity index is 3.12. The van der Waals surface area contributed by atoms with E-state index < -0.39 is 0 Å². The average Bonchev–Trinajstić information content (AvgIpc) is 2.02. The van der Waals surface area contributed by atoms with Crippen molar-refractivity contribution < 1.29 is 0 Å². The molecule has 0 aromatic carbocycles. The summed E-state index contributed by atoms with van der Waals surface area (Å²) in [5.74, 6) is 1.28. The molecule has 0 unspecified atom stereocenters. The summed E-state index contributed by atoms with van der Waals surface area (Å²) >= 11 is 0. The zero-order valence-corrected chi connectivity index (χ0v) is 10.4. The lowest BCUT2D eigenvalue weighted by Crippen LogP contribution is -2.26. The van der Waals surface area contributed by atoms with Crippen LogP contribution < -0.4 is 5.32 Å². The number of allylic oxidation sites excluding steroid dienone is 3. The third-order valence-corrected chi connectivity index (χ3v) is 3.11. The molecule has 0 spiro atoms. The van der Waals surface area contributed by atoms with Crippen LogP contribution in [0.3, 0.4) is 0 Å². The van der Waals surface area contributed by atoms with Crippen molar-refractivity contribution in [3.8, 4) is 0 Å². The van der Waals surface area contributed by atoms with Gasteiger partial charge in [-0.3, -0.25) is 0 Å². The van der Waals surface area contributed by atoms with Gasteiger partial charge in [0.05, 0.1) is 0 Å². The van der Waals surface area contributed by atoms with Crippen LogP contribution in [0.4, 0.5) is 0 Å². The molecule has 14 heavy (non-hydrogen) atoms. The number of nitrogens with one attached hydrogen (secondary N) is 1. The Morgan fingerprint density at radius 1 is 1.00 bits per heavy atom. The van der Waals surface area contributed by atoms with Crippen molar-refractivity contribution in [3.05, 3.63) is 22.4 Å². The minimum absolute atomic E-state index is 0.622. The summed E-state index contributed by atoms with van der Waals surface area (Å²) in [6, 6.07) is 0. The molecule has 0 bridgehead atoms. The van der Waals surface area contributed by atoms with Crippen LogP contribution in [0.15, 0.2) is 22.4 Å². The predicted octanol–water partition coefficient (Wildman–Crippen LogP) is 3.49. The van der Waals surface area contributed by atoms with Gasteiger partial charge >= 0.3 is 0 Å². The summed E-state index contributed by atoms with van der Waals surface area (Å²) in [4.78, 5) is 0. The van der Waals surface area contributed by atoms with Crippen LogP contribution in [0.1, 0.15) is 41.5 Å². The molecule has 0 fully saturated rings. The second kappa shape index (κ2) is 4.20. The molecule has 1 nitrogen and oxygen atoms in total. The molecule has 0 saturated heterocycles. The second-order valence-corrected chi connectivity index (χ2v) is 4.85. The fourth-order valence-electron chi connectivity index (χ4n) is 2.41. The van der Waals surface area contributed by atoms with Crippen molar-refractivity contribution in [2.75, 3.05) is 6.54 Å². The molecule has 1 heterocycles. The maximum Gasteiger partial charge on any atom is 0.0365 e. The summed E-state index contributed by atoms with van der Waals surface area (Å²) in [5.41, 5.74) is 5.97. The largest absolute Gasteiger partial charge is 0.385 e. The van der Waals surface area contributed by atoms with Crippen LogP contribution in [-0.4, -0.2) is 6.54 Å². The van der Waals surface area contributed by atoms with Crippen LogP contribution >= 0.6 is 0 Å². The molecule has 1 aliphatic rings. The van der Waals surface area contributed by atoms with E-state index in [0.717, 1.165) is 6.54 Å². The first-order valence-corrected chi connectivity index (χ1v) is 5.59. The van der Waals surface area contributed by atoms with E-state index >= 15 is 0 Å². The molecule has 0 saturated carbocycles. The van der Waals surface area contributed by atoms with Crippen molar-refractivity contribution in [2.24, 2.45) is 11.8 Å². The summed E-state index contributed by atoms with van der Waals surface area (Å²) in [6.45, 7) is 14.6. The van der Waals surface area contributed by atoms with Crippen molar-refractivity contribution in [1.29, 1.82) is 0 Å². The topological polar surface area (TPSA) is 12.0 Å². The molecule has 1 aliphatic heterocycles. The van der Waals surface area contributed by atoms with E-state index in [0.29, 0.717) is 11.8 Å². The van der Waals surface area contributed by atoms with E-state index in [1.807, 2.05) is 0 Å². The molecule has 1 rings (SSSR count). The van der Waals surface area contributed by atoms with Gasteiger partial charge in [0.1, 0.15) is 0 Å². The van der Waals surface area contributed by atoms with Gasteiger partial charge in [-0.1, -0.05) is 27.7 Å². The van der Waals surface area contributed by atoms with Gasteiger partial charge in [-0.05, 0) is 42.4 Å². The Kier molecular flexibility index (Phi) is 3.41. The highest BCUT2D eigenvalue weighted by molar-refractivity contribution is 5.42. The number of rotatable bonds is 2. The van der Waals surface area contributed by atoms with Gasteiger partial charge in [-0.15, -0.1) is 0 Å². The SMILES string of the molecule is CC1=C(C(C)C)C(C)=C(C(C)C)CN1. The maximum atomic E-state index is 3.50. The average molecular weight is 193 g/mol. The molecular formula is C13H23N. The third-order valence-electron chi connectivity index (χ3n) is 3.11. The lowest BCUT2D eigenvalue weighted by Gasteiger charge is -2.28. The predicted molar refractivity (Wildman–Crippen MR) is 63.1 cm³/mol. The molecule has 80 valence electrons. The minimum atomic E-state index is 0.622. The van der Waals surface area contributed by atoms with Gasteiger partial charge in [0.2, 0.25) is 0 Å². The summed E-state index contributed by atoms with van der Waals surface area (Å²) < 4.78 is 0. The van der Waals surface area contributed by atoms with Crippen molar-refractivity contribution in [1.82, 2.24) is 5.32 Å². The fourth-order valence-corrected chi connectivity index (χ4v) is 2.41. The highest BCUT2D eigenvalue weighted by atomic mass is 14.9. The smallest absolute Gasteiger partial charge is 0.0365 e. The fraction of sp³-hybridized carbons (Fsp3) is 0.692. The zero-order chi connectivity index (χ0) is 10.9. The van der Waals surface area contributed by atoms with E-state index in [2.05, 4.69) is 46.9 Å². The molecular weight excluding hydrogens is 170 g/mol. The third kappa shape index (κ3) is 2.02. The highest BCUT2D eigenvalue weighted by Crippen LogP contribution is 2.30. The van der Waals surface area contributed by atoms with Crippen LogP contribution in [0.5, 0.6) is 0 Å². The van der Waals surface area contributed by atoms with E-state index in [-0.39, 0.29) is 0 Å². The number of hydrogen-bond acceptors (Lipinski definition) is 1. The van der Waals surface area contributed by atoms with Crippen LogP contribution in [-0.2, 0) is 0 Å². The molecule has 0 aliphatic carbocycles. The van der Waals surface area contributed by atoms with Gasteiger partial charge in [0.15, 0.2) is 0 Å². The lowest BCUT2D eigenvalue weighted by atomic mass is 9.85. The molecule has 0 amide bonds. The molecule has 0 aromatic rings. The van der Waals surface area contributed by atoms with Crippen molar-refractivity contribution >= 4 is 0 Å². The Labute approximate surface area is 88.3 Å². The Bertz CT molecular complexity index is 280. The van der Waals surface area contributed by atoms with Gasteiger partial charge in [0, 0.05) is 12.2 Å². The van der Waals surface area contributed by atoms with E-state index in [4.69, 9.17) is 0 Å². The first kappa shape index (κ1) is 11.4. The first-order chi connectivity index (χ1) is 6.45. The second-order valence-electron chi connectivity index (χ2n) is 4.85. The summed E-state index contributed by atoms with van der Waals surface area (Å²) in [6.07, 6.45) is 0. The Morgan fingerprint density at radius 2 is 1.57 bits per heavy atom. The molecule has 1 heteroatoms. The molecule has 0 aromatic heterocycles. The van der Waals surface area contributed by atoms with Crippen molar-refractivity contribution in [3.63, 3.8) is 0 Å². The lowest BCUT2D eigenvalue weighted by molar-refractivity contribution is 0.645. The summed E-state index contributed by atoms with van der Waals surface area (Å²) in [7, 11) is 0. The molecule has 1 N–H and O–H groups in total. The maximum absolute atomic E-state index is 3.50. The van der Waals surface area contributed by atoms with E-state index in [1.54, 1.807) is 5.57 Å². The van der Waals surface area contributed by atoms with Gasteiger partial charge in [-0.2, -0.15) is 0 Å². The normalized spacial score (nSPS) is 18.3. The highest BCUT2D eigenvalue weighted by Gasteiger charge is 2.19. The minimum Gasteiger partial charge on any atom is -0.385 e. The first-order valence-electron chi connectivity index (χ1n) is 5.59. The van der Waals surface area contributed by atoms with Gasteiger partial charge in [0.25, 0.3) is 0 Å². The monoisotopic (exact) mass is 193 g/mol. The van der Waals surface area contributed by atoms with Gasteiger partial charge < -0.3 is 5.32 Å². The molecule has 0 atom stereocenters.